The lowest BCUT2D eigenvalue weighted by molar-refractivity contribution is 0.404. The van der Waals surface area contributed by atoms with Crippen LogP contribution in [0.2, 0.25) is 0 Å². The van der Waals surface area contributed by atoms with E-state index in [9.17, 15) is 0 Å². The molecule has 2 nitrogen and oxygen atoms in total. The molecule has 0 unspecified atom stereocenters. The summed E-state index contributed by atoms with van der Waals surface area (Å²) in [6, 6.07) is 0.688. The average molecular weight is 140 g/mol. The molecule has 0 heterocycles. The molecule has 0 spiro atoms. The van der Waals surface area contributed by atoms with Gasteiger partial charge in [-0.3, -0.25) is 0 Å². The van der Waals surface area contributed by atoms with Crippen LogP contribution in [0.3, 0.4) is 0 Å². The Bertz CT molecular complexity index is 104. The van der Waals surface area contributed by atoms with Crippen molar-refractivity contribution in [1.29, 1.82) is 0 Å². The van der Waals surface area contributed by atoms with E-state index in [2.05, 4.69) is 5.32 Å². The molecule has 1 rings (SSSR count). The van der Waals surface area contributed by atoms with E-state index in [1.54, 1.807) is 6.20 Å². The second-order valence-electron chi connectivity index (χ2n) is 2.86. The molecule has 10 heavy (non-hydrogen) atoms. The van der Waals surface area contributed by atoms with E-state index in [4.69, 9.17) is 5.73 Å². The monoisotopic (exact) mass is 140 g/mol. The summed E-state index contributed by atoms with van der Waals surface area (Å²) in [6.07, 6.45) is 10.2. The first-order valence-electron chi connectivity index (χ1n) is 4.06. The highest BCUT2D eigenvalue weighted by molar-refractivity contribution is 4.80. The van der Waals surface area contributed by atoms with Crippen LogP contribution in [0.15, 0.2) is 12.4 Å². The van der Waals surface area contributed by atoms with E-state index in [0.29, 0.717) is 6.04 Å². The molecule has 58 valence electrons. The zero-order valence-corrected chi connectivity index (χ0v) is 6.34. The number of nitrogens with two attached hydrogens (primary N) is 1. The van der Waals surface area contributed by atoms with E-state index < -0.39 is 0 Å². The van der Waals surface area contributed by atoms with Crippen LogP contribution < -0.4 is 11.1 Å². The van der Waals surface area contributed by atoms with Gasteiger partial charge in [-0.1, -0.05) is 19.3 Å². The second kappa shape index (κ2) is 4.20. The Labute approximate surface area is 62.5 Å². The van der Waals surface area contributed by atoms with Crippen molar-refractivity contribution in [3.8, 4) is 0 Å². The van der Waals surface area contributed by atoms with Crippen LogP contribution in [0.5, 0.6) is 0 Å². The Morgan fingerprint density at radius 3 is 2.50 bits per heavy atom. The molecule has 3 N–H and O–H groups in total. The minimum absolute atomic E-state index is 0.688. The van der Waals surface area contributed by atoms with Crippen LogP contribution in [-0.4, -0.2) is 6.04 Å². The summed E-state index contributed by atoms with van der Waals surface area (Å²) in [4.78, 5) is 0. The first-order chi connectivity index (χ1) is 4.93. The van der Waals surface area contributed by atoms with Crippen molar-refractivity contribution < 1.29 is 0 Å². The van der Waals surface area contributed by atoms with E-state index in [-0.39, 0.29) is 0 Å². The number of hydrogen-bond donors (Lipinski definition) is 2. The Kier molecular flexibility index (Phi) is 3.13. The fourth-order valence-corrected chi connectivity index (χ4v) is 1.46. The molecule has 1 aliphatic carbocycles. The Hall–Kier alpha value is -0.660. The average Bonchev–Trinajstić information content (AvgIpc) is 2.03. The quantitative estimate of drug-likeness (QED) is 0.607. The number of nitrogens with one attached hydrogen (secondary N) is 1. The lowest BCUT2D eigenvalue weighted by Crippen LogP contribution is -2.26. The van der Waals surface area contributed by atoms with Crippen LogP contribution in [0.25, 0.3) is 0 Å². The third-order valence-corrected chi connectivity index (χ3v) is 2.03. The summed E-state index contributed by atoms with van der Waals surface area (Å²) >= 11 is 0. The maximum absolute atomic E-state index is 5.20. The summed E-state index contributed by atoms with van der Waals surface area (Å²) in [7, 11) is 0. The van der Waals surface area contributed by atoms with E-state index in [1.807, 2.05) is 6.20 Å². The fourth-order valence-electron chi connectivity index (χ4n) is 1.46. The predicted molar refractivity (Wildman–Crippen MR) is 43.3 cm³/mol. The standard InChI is InChI=1S/C8H16N2/c9-6-7-10-8-4-2-1-3-5-8/h6-8,10H,1-5,9H2. The van der Waals surface area contributed by atoms with Crippen LogP contribution in [-0.2, 0) is 0 Å². The molecule has 2 heteroatoms. The van der Waals surface area contributed by atoms with E-state index in [0.717, 1.165) is 0 Å². The summed E-state index contributed by atoms with van der Waals surface area (Å²) in [5.74, 6) is 0. The summed E-state index contributed by atoms with van der Waals surface area (Å²) in [5, 5.41) is 3.27. The molecule has 0 aromatic rings. The topological polar surface area (TPSA) is 38.0 Å². The summed E-state index contributed by atoms with van der Waals surface area (Å²) in [6.45, 7) is 0. The molecule has 0 atom stereocenters. The van der Waals surface area contributed by atoms with Gasteiger partial charge in [-0.25, -0.2) is 0 Å². The van der Waals surface area contributed by atoms with Crippen molar-refractivity contribution in [3.05, 3.63) is 12.4 Å². The normalized spacial score (nSPS) is 21.6. The SMILES string of the molecule is NC=CNC1CCCCC1. The van der Waals surface area contributed by atoms with Crippen molar-refractivity contribution >= 4 is 0 Å². The van der Waals surface area contributed by atoms with Crippen LogP contribution in [0.4, 0.5) is 0 Å². The first kappa shape index (κ1) is 7.45. The van der Waals surface area contributed by atoms with Crippen molar-refractivity contribution in [2.24, 2.45) is 5.73 Å². The molecule has 0 bridgehead atoms. The van der Waals surface area contributed by atoms with Gasteiger partial charge in [-0.05, 0) is 12.8 Å². The first-order valence-corrected chi connectivity index (χ1v) is 4.06. The second-order valence-corrected chi connectivity index (χ2v) is 2.86. The lowest BCUT2D eigenvalue weighted by atomic mass is 9.96. The molecule has 1 aliphatic rings. The third-order valence-electron chi connectivity index (χ3n) is 2.03. The largest absolute Gasteiger partial charge is 0.403 e. The Morgan fingerprint density at radius 1 is 1.20 bits per heavy atom. The maximum atomic E-state index is 5.20. The lowest BCUT2D eigenvalue weighted by Gasteiger charge is -2.21. The number of rotatable bonds is 2. The molecule has 0 saturated heterocycles. The van der Waals surface area contributed by atoms with Crippen LogP contribution >= 0.6 is 0 Å². The highest BCUT2D eigenvalue weighted by Crippen LogP contribution is 2.16. The Morgan fingerprint density at radius 2 is 1.90 bits per heavy atom. The highest BCUT2D eigenvalue weighted by Gasteiger charge is 2.10. The molecule has 0 amide bonds. The Balaban J connectivity index is 2.13. The van der Waals surface area contributed by atoms with Gasteiger partial charge >= 0.3 is 0 Å². The van der Waals surface area contributed by atoms with Crippen molar-refractivity contribution in [2.45, 2.75) is 38.1 Å². The van der Waals surface area contributed by atoms with Gasteiger partial charge in [-0.2, -0.15) is 0 Å². The smallest absolute Gasteiger partial charge is 0.0256 e. The molecular formula is C8H16N2. The van der Waals surface area contributed by atoms with Crippen LogP contribution in [0.1, 0.15) is 32.1 Å². The molecular weight excluding hydrogens is 124 g/mol. The summed E-state index contributed by atoms with van der Waals surface area (Å²) < 4.78 is 0. The van der Waals surface area contributed by atoms with Gasteiger partial charge < -0.3 is 11.1 Å². The van der Waals surface area contributed by atoms with Gasteiger partial charge in [-0.15, -0.1) is 0 Å². The van der Waals surface area contributed by atoms with Gasteiger partial charge in [0.15, 0.2) is 0 Å². The predicted octanol–water partition coefficient (Wildman–Crippen LogP) is 1.34. The fraction of sp³-hybridized carbons (Fsp3) is 0.750. The van der Waals surface area contributed by atoms with Crippen molar-refractivity contribution in [3.63, 3.8) is 0 Å². The molecule has 0 aliphatic heterocycles. The molecule has 0 aromatic carbocycles. The molecule has 1 saturated carbocycles. The minimum atomic E-state index is 0.688. The molecule has 0 aromatic heterocycles. The van der Waals surface area contributed by atoms with Gasteiger partial charge in [0.25, 0.3) is 0 Å². The minimum Gasteiger partial charge on any atom is -0.403 e. The zero-order chi connectivity index (χ0) is 7.23. The highest BCUT2D eigenvalue weighted by atomic mass is 14.9. The van der Waals surface area contributed by atoms with Crippen molar-refractivity contribution in [2.75, 3.05) is 0 Å². The van der Waals surface area contributed by atoms with Gasteiger partial charge in [0.2, 0.25) is 0 Å². The molecule has 0 radical (unpaired) electrons. The van der Waals surface area contributed by atoms with Crippen molar-refractivity contribution in [1.82, 2.24) is 5.32 Å². The van der Waals surface area contributed by atoms with Gasteiger partial charge in [0, 0.05) is 18.4 Å². The van der Waals surface area contributed by atoms with Gasteiger partial charge in [0.05, 0.1) is 0 Å². The number of hydrogen-bond acceptors (Lipinski definition) is 2. The zero-order valence-electron chi connectivity index (χ0n) is 6.34. The van der Waals surface area contributed by atoms with E-state index in [1.165, 1.54) is 32.1 Å². The van der Waals surface area contributed by atoms with E-state index >= 15 is 0 Å². The maximum Gasteiger partial charge on any atom is 0.0256 e. The summed E-state index contributed by atoms with van der Waals surface area (Å²) in [5.41, 5.74) is 5.20. The third kappa shape index (κ3) is 2.29. The van der Waals surface area contributed by atoms with Crippen LogP contribution in [0, 0.1) is 0 Å². The van der Waals surface area contributed by atoms with Gasteiger partial charge in [0.1, 0.15) is 0 Å². The molecule has 1 fully saturated rings.